The largest absolute Gasteiger partial charge is 0.352 e. The first kappa shape index (κ1) is 21.7. The van der Waals surface area contributed by atoms with Gasteiger partial charge < -0.3 is 10.6 Å². The summed E-state index contributed by atoms with van der Waals surface area (Å²) in [5.74, 6) is -1.20. The van der Waals surface area contributed by atoms with Crippen LogP contribution in [0.4, 0.5) is 19.0 Å². The highest BCUT2D eigenvalue weighted by atomic mass is 35.5. The van der Waals surface area contributed by atoms with E-state index in [0.717, 1.165) is 6.07 Å². The Bertz CT molecular complexity index is 1070. The summed E-state index contributed by atoms with van der Waals surface area (Å²) >= 11 is 11.6. The van der Waals surface area contributed by atoms with E-state index in [4.69, 9.17) is 23.2 Å². The lowest BCUT2D eigenvalue weighted by Crippen LogP contribution is -2.31. The standard InChI is InChI=1S/C19H14Cl2F3N5O/c20-12-4-2-11(3-5-12)18(30)27-19(26-16-8-15(17(23)24)28-29-16)25-9-10-1-6-14(22)13(21)7-10/h1-8,17H,9H2,(H3,25,26,27,28,29,30). The number of guanidine groups is 1. The van der Waals surface area contributed by atoms with Crippen LogP contribution in [0.3, 0.4) is 0 Å². The normalized spacial score (nSPS) is 11.6. The van der Waals surface area contributed by atoms with E-state index in [9.17, 15) is 18.0 Å². The fourth-order valence-corrected chi connectivity index (χ4v) is 2.67. The van der Waals surface area contributed by atoms with Gasteiger partial charge in [0.15, 0.2) is 5.82 Å². The van der Waals surface area contributed by atoms with Crippen LogP contribution in [0.2, 0.25) is 10.0 Å². The average Bonchev–Trinajstić information content (AvgIpc) is 3.18. The summed E-state index contributed by atoms with van der Waals surface area (Å²) in [4.78, 5) is 16.4. The van der Waals surface area contributed by atoms with E-state index in [2.05, 4.69) is 25.8 Å². The second-order valence-corrected chi connectivity index (χ2v) is 6.85. The van der Waals surface area contributed by atoms with Crippen LogP contribution in [-0.4, -0.2) is 22.1 Å². The van der Waals surface area contributed by atoms with Crippen molar-refractivity contribution in [3.8, 4) is 0 Å². The molecule has 0 saturated heterocycles. The van der Waals surface area contributed by atoms with Gasteiger partial charge >= 0.3 is 0 Å². The molecule has 1 heterocycles. The van der Waals surface area contributed by atoms with Gasteiger partial charge in [0.2, 0.25) is 5.96 Å². The predicted molar refractivity (Wildman–Crippen MR) is 109 cm³/mol. The summed E-state index contributed by atoms with van der Waals surface area (Å²) in [5.41, 5.74) is 0.469. The summed E-state index contributed by atoms with van der Waals surface area (Å²) in [6.45, 7) is 0.117. The predicted octanol–water partition coefficient (Wildman–Crippen LogP) is 5.19. The number of hydrogen-bond donors (Lipinski definition) is 3. The first-order chi connectivity index (χ1) is 14.3. The molecule has 1 amide bonds. The first-order valence-corrected chi connectivity index (χ1v) is 9.24. The van der Waals surface area contributed by atoms with E-state index in [1.165, 1.54) is 42.5 Å². The lowest BCUT2D eigenvalue weighted by Gasteiger charge is -2.11. The van der Waals surface area contributed by atoms with Crippen LogP contribution < -0.4 is 10.6 Å². The van der Waals surface area contributed by atoms with Gasteiger partial charge in [-0.3, -0.25) is 9.89 Å². The zero-order valence-corrected chi connectivity index (χ0v) is 16.6. The lowest BCUT2D eigenvalue weighted by atomic mass is 10.2. The second kappa shape index (κ2) is 9.64. The Balaban J connectivity index is 1.81. The average molecular weight is 456 g/mol. The van der Waals surface area contributed by atoms with E-state index in [1.54, 1.807) is 0 Å². The van der Waals surface area contributed by atoms with Crippen LogP contribution in [0.5, 0.6) is 0 Å². The minimum atomic E-state index is -2.74. The number of halogens is 5. The molecular weight excluding hydrogens is 442 g/mol. The highest BCUT2D eigenvalue weighted by Gasteiger charge is 2.13. The third kappa shape index (κ3) is 5.74. The van der Waals surface area contributed by atoms with Crippen molar-refractivity contribution in [1.82, 2.24) is 15.5 Å². The molecule has 1 aromatic heterocycles. The molecule has 0 saturated carbocycles. The molecule has 0 bridgehead atoms. The maximum absolute atomic E-state index is 13.3. The van der Waals surface area contributed by atoms with E-state index in [-0.39, 0.29) is 28.9 Å². The molecule has 3 rings (SSSR count). The number of benzene rings is 2. The molecule has 6 nitrogen and oxygen atoms in total. The van der Waals surface area contributed by atoms with Crippen LogP contribution in [0.15, 0.2) is 53.5 Å². The van der Waals surface area contributed by atoms with Crippen molar-refractivity contribution in [2.45, 2.75) is 13.0 Å². The number of alkyl halides is 2. The summed E-state index contributed by atoms with van der Waals surface area (Å²) in [6.07, 6.45) is -2.74. The fraction of sp³-hybridized carbons (Fsp3) is 0.105. The number of rotatable bonds is 5. The molecule has 0 spiro atoms. The molecule has 0 aliphatic heterocycles. The van der Waals surface area contributed by atoms with Gasteiger partial charge in [0.25, 0.3) is 12.3 Å². The molecule has 0 fully saturated rings. The van der Waals surface area contributed by atoms with Crippen molar-refractivity contribution in [3.63, 3.8) is 0 Å². The summed E-state index contributed by atoms with van der Waals surface area (Å²) < 4.78 is 38.9. The van der Waals surface area contributed by atoms with Crippen molar-refractivity contribution in [3.05, 3.63) is 81.2 Å². The zero-order valence-electron chi connectivity index (χ0n) is 15.1. The van der Waals surface area contributed by atoms with Gasteiger partial charge in [-0.2, -0.15) is 10.1 Å². The van der Waals surface area contributed by atoms with Crippen molar-refractivity contribution in [2.75, 3.05) is 5.32 Å². The SMILES string of the molecule is O=C(/N=C(/NCc1ccc(F)c(Cl)c1)Nc1cc(C(F)F)[nH]n1)c1ccc(Cl)cc1. The molecule has 156 valence electrons. The summed E-state index contributed by atoms with van der Waals surface area (Å²) in [7, 11) is 0. The Hall–Kier alpha value is -3.04. The molecular formula is C19H14Cl2F3N5O. The number of amides is 1. The number of aliphatic imine (C=N–C) groups is 1. The number of hydrogen-bond acceptors (Lipinski definition) is 2. The van der Waals surface area contributed by atoms with E-state index in [1.807, 2.05) is 0 Å². The van der Waals surface area contributed by atoms with E-state index < -0.39 is 23.8 Å². The maximum atomic E-state index is 13.3. The highest BCUT2D eigenvalue weighted by Crippen LogP contribution is 2.19. The molecule has 30 heavy (non-hydrogen) atoms. The highest BCUT2D eigenvalue weighted by molar-refractivity contribution is 6.31. The molecule has 0 aliphatic carbocycles. The van der Waals surface area contributed by atoms with Gasteiger partial charge in [-0.15, -0.1) is 0 Å². The number of H-pyrrole nitrogens is 1. The van der Waals surface area contributed by atoms with Crippen LogP contribution in [0.25, 0.3) is 0 Å². The van der Waals surface area contributed by atoms with Gasteiger partial charge in [0, 0.05) is 23.2 Å². The van der Waals surface area contributed by atoms with Crippen LogP contribution >= 0.6 is 23.2 Å². The fourth-order valence-electron chi connectivity index (χ4n) is 2.34. The maximum Gasteiger partial charge on any atom is 0.280 e. The number of anilines is 1. The molecule has 11 heteroatoms. The number of aromatic nitrogens is 2. The third-order valence-corrected chi connectivity index (χ3v) is 4.37. The van der Waals surface area contributed by atoms with Crippen LogP contribution in [0, 0.1) is 5.82 Å². The van der Waals surface area contributed by atoms with Gasteiger partial charge in [-0.25, -0.2) is 13.2 Å². The molecule has 3 aromatic rings. The first-order valence-electron chi connectivity index (χ1n) is 8.48. The third-order valence-electron chi connectivity index (χ3n) is 3.83. The van der Waals surface area contributed by atoms with Gasteiger partial charge in [0.05, 0.1) is 5.02 Å². The monoisotopic (exact) mass is 455 g/mol. The van der Waals surface area contributed by atoms with Gasteiger partial charge in [-0.1, -0.05) is 29.3 Å². The molecule has 0 unspecified atom stereocenters. The Morgan fingerprint density at radius 2 is 1.87 bits per heavy atom. The summed E-state index contributed by atoms with van der Waals surface area (Å²) in [5, 5.41) is 11.8. The molecule has 3 N–H and O–H groups in total. The van der Waals surface area contributed by atoms with E-state index >= 15 is 0 Å². The number of nitrogens with one attached hydrogen (secondary N) is 3. The molecule has 0 radical (unpaired) electrons. The van der Waals surface area contributed by atoms with Crippen molar-refractivity contribution < 1.29 is 18.0 Å². The lowest BCUT2D eigenvalue weighted by molar-refractivity contribution is 0.100. The van der Waals surface area contributed by atoms with Crippen molar-refractivity contribution in [2.24, 2.45) is 4.99 Å². The number of nitrogens with zero attached hydrogens (tertiary/aromatic N) is 2. The second-order valence-electron chi connectivity index (χ2n) is 6.01. The van der Waals surface area contributed by atoms with E-state index in [0.29, 0.717) is 10.6 Å². The molecule has 2 aromatic carbocycles. The van der Waals surface area contributed by atoms with Gasteiger partial charge in [-0.05, 0) is 42.0 Å². The topological polar surface area (TPSA) is 82.2 Å². The van der Waals surface area contributed by atoms with Crippen LogP contribution in [-0.2, 0) is 6.54 Å². The number of aromatic amines is 1. The molecule has 0 aliphatic rings. The Morgan fingerprint density at radius 3 is 2.50 bits per heavy atom. The quantitative estimate of drug-likeness (QED) is 0.365. The smallest absolute Gasteiger partial charge is 0.280 e. The minimum Gasteiger partial charge on any atom is -0.352 e. The Morgan fingerprint density at radius 1 is 1.13 bits per heavy atom. The van der Waals surface area contributed by atoms with Crippen LogP contribution in [0.1, 0.15) is 28.0 Å². The number of carbonyl (C=O) groups is 1. The van der Waals surface area contributed by atoms with Gasteiger partial charge in [0.1, 0.15) is 11.5 Å². The Labute approximate surface area is 179 Å². The molecule has 0 atom stereocenters. The Kier molecular flexibility index (Phi) is 6.96. The summed E-state index contributed by atoms with van der Waals surface area (Å²) in [6, 6.07) is 11.3. The van der Waals surface area contributed by atoms with Crippen molar-refractivity contribution in [1.29, 1.82) is 0 Å². The van der Waals surface area contributed by atoms with Crippen molar-refractivity contribution >= 4 is 40.9 Å². The minimum absolute atomic E-state index is 0.0256. The zero-order chi connectivity index (χ0) is 21.7. The number of carbonyl (C=O) groups excluding carboxylic acids is 1.